The smallest absolute Gasteiger partial charge is 0.194 e. The quantitative estimate of drug-likeness (QED) is 0.626. The van der Waals surface area contributed by atoms with Gasteiger partial charge in [-0.15, -0.1) is 0 Å². The first-order chi connectivity index (χ1) is 13.2. The summed E-state index contributed by atoms with van der Waals surface area (Å²) in [7, 11) is 4.18. The summed E-state index contributed by atoms with van der Waals surface area (Å²) >= 11 is 0. The Morgan fingerprint density at radius 3 is 2.78 bits per heavy atom. The van der Waals surface area contributed by atoms with Gasteiger partial charge in [0.2, 0.25) is 0 Å². The van der Waals surface area contributed by atoms with E-state index in [-0.39, 0.29) is 6.10 Å². The first-order valence-electron chi connectivity index (χ1n) is 9.95. The van der Waals surface area contributed by atoms with Crippen LogP contribution in [0.3, 0.4) is 0 Å². The van der Waals surface area contributed by atoms with Crippen molar-refractivity contribution < 1.29 is 4.74 Å². The Morgan fingerprint density at radius 1 is 1.26 bits per heavy atom. The summed E-state index contributed by atoms with van der Waals surface area (Å²) in [6, 6.07) is 14.8. The zero-order chi connectivity index (χ0) is 19.1. The van der Waals surface area contributed by atoms with E-state index < -0.39 is 0 Å². The minimum atomic E-state index is 0.143. The number of aliphatic imine (C=N–C) groups is 1. The van der Waals surface area contributed by atoms with Gasteiger partial charge in [0.25, 0.3) is 0 Å². The zero-order valence-corrected chi connectivity index (χ0v) is 16.8. The second kappa shape index (κ2) is 9.60. The van der Waals surface area contributed by atoms with Crippen molar-refractivity contribution in [2.75, 3.05) is 26.7 Å². The number of aromatic nitrogens is 1. The lowest BCUT2D eigenvalue weighted by Crippen LogP contribution is -2.39. The molecule has 0 spiro atoms. The number of rotatable bonds is 6. The number of hydrogen-bond acceptors (Lipinski definition) is 2. The summed E-state index contributed by atoms with van der Waals surface area (Å²) in [6.45, 7) is 5.42. The lowest BCUT2D eigenvalue weighted by atomic mass is 9.89. The predicted molar refractivity (Wildman–Crippen MR) is 111 cm³/mol. The molecule has 2 unspecified atom stereocenters. The molecule has 2 atom stereocenters. The summed E-state index contributed by atoms with van der Waals surface area (Å²) < 4.78 is 8.28. The Hall–Kier alpha value is -2.27. The van der Waals surface area contributed by atoms with E-state index in [1.807, 2.05) is 0 Å². The number of benzene rings is 1. The summed E-state index contributed by atoms with van der Waals surface area (Å²) in [5.41, 5.74) is 2.53. The molecule has 1 saturated heterocycles. The summed E-state index contributed by atoms with van der Waals surface area (Å²) in [5.74, 6) is 1.37. The van der Waals surface area contributed by atoms with Crippen molar-refractivity contribution in [3.05, 3.63) is 59.9 Å². The van der Waals surface area contributed by atoms with Crippen LogP contribution in [-0.2, 0) is 18.3 Å². The van der Waals surface area contributed by atoms with Crippen LogP contribution in [0.4, 0.5) is 0 Å². The molecule has 1 aromatic heterocycles. The van der Waals surface area contributed by atoms with Crippen molar-refractivity contribution in [1.82, 2.24) is 14.8 Å². The molecular formula is C22H32N4O. The van der Waals surface area contributed by atoms with E-state index in [0.29, 0.717) is 5.92 Å². The maximum absolute atomic E-state index is 6.12. The van der Waals surface area contributed by atoms with Crippen molar-refractivity contribution in [1.29, 1.82) is 0 Å². The van der Waals surface area contributed by atoms with Crippen LogP contribution >= 0.6 is 0 Å². The largest absolute Gasteiger partial charge is 0.373 e. The van der Waals surface area contributed by atoms with Crippen molar-refractivity contribution in [3.63, 3.8) is 0 Å². The van der Waals surface area contributed by atoms with Crippen molar-refractivity contribution >= 4 is 5.96 Å². The molecule has 5 heteroatoms. The number of nitrogens with zero attached hydrogens (tertiary/aromatic N) is 3. The fraction of sp³-hybridized carbons (Fsp3) is 0.500. The fourth-order valence-corrected chi connectivity index (χ4v) is 3.69. The highest BCUT2D eigenvalue weighted by molar-refractivity contribution is 5.79. The van der Waals surface area contributed by atoms with Crippen LogP contribution in [0, 0.1) is 5.92 Å². The molecule has 0 saturated carbocycles. The molecule has 0 amide bonds. The van der Waals surface area contributed by atoms with E-state index in [9.17, 15) is 0 Å². The van der Waals surface area contributed by atoms with Gasteiger partial charge >= 0.3 is 0 Å². The van der Waals surface area contributed by atoms with Crippen LogP contribution in [0.1, 0.15) is 37.1 Å². The molecule has 2 aromatic rings. The molecule has 1 N–H and O–H groups in total. The lowest BCUT2D eigenvalue weighted by Gasteiger charge is -2.32. The molecule has 1 aliphatic rings. The Morgan fingerprint density at radius 2 is 2.07 bits per heavy atom. The molecule has 1 aliphatic heterocycles. The van der Waals surface area contributed by atoms with Crippen molar-refractivity contribution in [2.24, 2.45) is 18.0 Å². The SMILES string of the molecule is CCNC(=NCC1CCCOC1c1ccccc1)N(C)Cc1cccn1C. The van der Waals surface area contributed by atoms with E-state index in [0.717, 1.165) is 45.0 Å². The van der Waals surface area contributed by atoms with Gasteiger partial charge in [-0.1, -0.05) is 30.3 Å². The maximum atomic E-state index is 6.12. The van der Waals surface area contributed by atoms with Gasteiger partial charge in [-0.3, -0.25) is 4.99 Å². The molecule has 0 aliphatic carbocycles. The van der Waals surface area contributed by atoms with E-state index in [2.05, 4.69) is 84.5 Å². The third-order valence-electron chi connectivity index (χ3n) is 5.20. The van der Waals surface area contributed by atoms with Gasteiger partial charge in [0.05, 0.1) is 12.6 Å². The van der Waals surface area contributed by atoms with Crippen molar-refractivity contribution in [2.45, 2.75) is 32.4 Å². The summed E-state index contributed by atoms with van der Waals surface area (Å²) in [6.07, 6.45) is 4.49. The predicted octanol–water partition coefficient (Wildman–Crippen LogP) is 3.59. The number of aryl methyl sites for hydroxylation is 1. The van der Waals surface area contributed by atoms with E-state index in [4.69, 9.17) is 9.73 Å². The topological polar surface area (TPSA) is 41.8 Å². The van der Waals surface area contributed by atoms with Crippen LogP contribution in [0.2, 0.25) is 0 Å². The minimum absolute atomic E-state index is 0.143. The Kier molecular flexibility index (Phi) is 6.93. The van der Waals surface area contributed by atoms with Gasteiger partial charge < -0.3 is 19.5 Å². The normalized spacial score (nSPS) is 20.5. The van der Waals surface area contributed by atoms with E-state index in [1.54, 1.807) is 0 Å². The molecule has 1 aromatic carbocycles. The lowest BCUT2D eigenvalue weighted by molar-refractivity contribution is -0.0250. The van der Waals surface area contributed by atoms with E-state index >= 15 is 0 Å². The third kappa shape index (κ3) is 5.13. The molecule has 27 heavy (non-hydrogen) atoms. The molecule has 3 rings (SSSR count). The van der Waals surface area contributed by atoms with E-state index in [1.165, 1.54) is 11.3 Å². The van der Waals surface area contributed by atoms with Crippen LogP contribution in [0.15, 0.2) is 53.7 Å². The highest BCUT2D eigenvalue weighted by atomic mass is 16.5. The second-order valence-electron chi connectivity index (χ2n) is 7.27. The molecule has 146 valence electrons. The van der Waals surface area contributed by atoms with Gasteiger partial charge in [-0.05, 0) is 37.5 Å². The first-order valence-corrected chi connectivity index (χ1v) is 9.95. The van der Waals surface area contributed by atoms with Gasteiger partial charge in [0.15, 0.2) is 5.96 Å². The van der Waals surface area contributed by atoms with Crippen molar-refractivity contribution in [3.8, 4) is 0 Å². The Bertz CT molecular complexity index is 725. The number of ether oxygens (including phenoxy) is 1. The van der Waals surface area contributed by atoms with Gasteiger partial charge in [-0.2, -0.15) is 0 Å². The molecule has 1 fully saturated rings. The number of guanidine groups is 1. The Labute approximate surface area is 163 Å². The van der Waals surface area contributed by atoms with Crippen LogP contribution in [0.5, 0.6) is 0 Å². The minimum Gasteiger partial charge on any atom is -0.373 e. The summed E-state index contributed by atoms with van der Waals surface area (Å²) in [5, 5.41) is 3.43. The monoisotopic (exact) mass is 368 g/mol. The average Bonchev–Trinajstić information content (AvgIpc) is 3.10. The highest BCUT2D eigenvalue weighted by Crippen LogP contribution is 2.33. The third-order valence-corrected chi connectivity index (χ3v) is 5.20. The van der Waals surface area contributed by atoms with Gasteiger partial charge in [-0.25, -0.2) is 0 Å². The van der Waals surface area contributed by atoms with Gasteiger partial charge in [0.1, 0.15) is 0 Å². The standard InChI is InChI=1S/C22H32N4O/c1-4-23-22(26(3)17-20-13-8-14-25(20)2)24-16-19-12-9-15-27-21(19)18-10-6-5-7-11-18/h5-8,10-11,13-14,19,21H,4,9,12,15-17H2,1-3H3,(H,23,24). The molecule has 2 heterocycles. The zero-order valence-electron chi connectivity index (χ0n) is 16.8. The Balaban J connectivity index is 1.70. The van der Waals surface area contributed by atoms with Crippen LogP contribution in [-0.4, -0.2) is 42.2 Å². The molecule has 0 bridgehead atoms. The average molecular weight is 369 g/mol. The second-order valence-corrected chi connectivity index (χ2v) is 7.27. The maximum Gasteiger partial charge on any atom is 0.194 e. The molecule has 5 nitrogen and oxygen atoms in total. The summed E-state index contributed by atoms with van der Waals surface area (Å²) in [4.78, 5) is 7.16. The number of nitrogens with one attached hydrogen (secondary N) is 1. The first kappa shape index (κ1) is 19.5. The van der Waals surface area contributed by atoms with Crippen LogP contribution < -0.4 is 5.32 Å². The highest BCUT2D eigenvalue weighted by Gasteiger charge is 2.27. The van der Waals surface area contributed by atoms with Gasteiger partial charge in [0, 0.05) is 51.6 Å². The fourth-order valence-electron chi connectivity index (χ4n) is 3.69. The molecule has 0 radical (unpaired) electrons. The molecular weight excluding hydrogens is 336 g/mol. The van der Waals surface area contributed by atoms with Crippen LogP contribution in [0.25, 0.3) is 0 Å². The number of hydrogen-bond donors (Lipinski definition) is 1.